The van der Waals surface area contributed by atoms with Gasteiger partial charge in [-0.1, -0.05) is 6.07 Å². The molecule has 7 heteroatoms. The van der Waals surface area contributed by atoms with Crippen molar-refractivity contribution >= 4 is 29.5 Å². The summed E-state index contributed by atoms with van der Waals surface area (Å²) in [5, 5.41) is 9.07. The fourth-order valence-electron chi connectivity index (χ4n) is 1.33. The van der Waals surface area contributed by atoms with Gasteiger partial charge in [-0.15, -0.1) is 11.6 Å². The van der Waals surface area contributed by atoms with E-state index in [4.69, 9.17) is 21.4 Å². The predicted molar refractivity (Wildman–Crippen MR) is 72.2 cm³/mol. The summed E-state index contributed by atoms with van der Waals surface area (Å²) in [6, 6.07) is 6.26. The first kappa shape index (κ1) is 15.1. The Kier molecular flexibility index (Phi) is 5.44. The maximum absolute atomic E-state index is 11.4. The highest BCUT2D eigenvalue weighted by atomic mass is 35.5. The smallest absolute Gasteiger partial charge is 0.414 e. The van der Waals surface area contributed by atoms with Crippen molar-refractivity contribution in [2.45, 2.75) is 0 Å². The summed E-state index contributed by atoms with van der Waals surface area (Å²) in [5.41, 5.74) is 0.400. The average molecular weight is 287 g/mol. The second-order valence-electron chi connectivity index (χ2n) is 3.88. The van der Waals surface area contributed by atoms with Crippen LogP contribution in [0.2, 0.25) is 0 Å². The van der Waals surface area contributed by atoms with Crippen LogP contribution in [0.1, 0.15) is 0 Å². The van der Waals surface area contributed by atoms with Gasteiger partial charge in [-0.25, -0.2) is 9.59 Å². The van der Waals surface area contributed by atoms with Crippen molar-refractivity contribution in [2.24, 2.45) is 0 Å². The molecule has 0 heterocycles. The number of carbonyl (C=O) groups excluding carboxylic acids is 1. The van der Waals surface area contributed by atoms with E-state index in [0.717, 1.165) is 4.90 Å². The fourth-order valence-corrected chi connectivity index (χ4v) is 1.50. The Balaban J connectivity index is 2.92. The minimum atomic E-state index is -1.11. The largest absolute Gasteiger partial charge is 0.465 e. The van der Waals surface area contributed by atoms with Crippen molar-refractivity contribution in [1.29, 1.82) is 0 Å². The van der Waals surface area contributed by atoms with Crippen LogP contribution in [0.15, 0.2) is 24.3 Å². The topological polar surface area (TPSA) is 70.1 Å². The van der Waals surface area contributed by atoms with E-state index in [2.05, 4.69) is 0 Å². The van der Waals surface area contributed by atoms with Crippen LogP contribution in [-0.2, 0) is 0 Å². The molecule has 0 aliphatic rings. The monoisotopic (exact) mass is 286 g/mol. The summed E-state index contributed by atoms with van der Waals surface area (Å²) in [6.07, 6.45) is -1.65. The van der Waals surface area contributed by atoms with Crippen molar-refractivity contribution < 1.29 is 19.4 Å². The molecule has 0 aliphatic heterocycles. The summed E-state index contributed by atoms with van der Waals surface area (Å²) in [6.45, 7) is 0.155. The van der Waals surface area contributed by atoms with Crippen LogP contribution in [-0.4, -0.2) is 48.7 Å². The predicted octanol–water partition coefficient (Wildman–Crippen LogP) is 2.47. The van der Waals surface area contributed by atoms with Crippen LogP contribution < -0.4 is 9.64 Å². The molecule has 0 aliphatic carbocycles. The number of ether oxygens (including phenoxy) is 1. The highest BCUT2D eigenvalue weighted by Gasteiger charge is 2.15. The number of nitrogens with zero attached hydrogens (tertiary/aromatic N) is 2. The van der Waals surface area contributed by atoms with Gasteiger partial charge in [-0.05, 0) is 12.1 Å². The Morgan fingerprint density at radius 3 is 2.58 bits per heavy atom. The highest BCUT2D eigenvalue weighted by Crippen LogP contribution is 2.21. The second kappa shape index (κ2) is 6.84. The van der Waals surface area contributed by atoms with Gasteiger partial charge in [0.05, 0.1) is 5.69 Å². The number of halogens is 1. The van der Waals surface area contributed by atoms with E-state index in [9.17, 15) is 9.59 Å². The van der Waals surface area contributed by atoms with Gasteiger partial charge in [-0.3, -0.25) is 4.90 Å². The summed E-state index contributed by atoms with van der Waals surface area (Å²) in [7, 11) is 3.12. The molecule has 1 rings (SSSR count). The van der Waals surface area contributed by atoms with E-state index >= 15 is 0 Å². The molecule has 0 fully saturated rings. The standard InChI is InChI=1S/C12H15ClN2O4/c1-14(2)12(18)19-10-5-3-4-9(8-10)15(7-6-13)11(16)17/h3-5,8H,6-7H2,1-2H3,(H,16,17). The van der Waals surface area contributed by atoms with Crippen LogP contribution in [0.4, 0.5) is 15.3 Å². The lowest BCUT2D eigenvalue weighted by Gasteiger charge is -2.19. The van der Waals surface area contributed by atoms with E-state index < -0.39 is 12.2 Å². The Hall–Kier alpha value is -1.95. The third kappa shape index (κ3) is 4.33. The summed E-state index contributed by atoms with van der Waals surface area (Å²) >= 11 is 5.56. The van der Waals surface area contributed by atoms with Gasteiger partial charge in [0.2, 0.25) is 0 Å². The molecule has 0 spiro atoms. The Morgan fingerprint density at radius 2 is 2.05 bits per heavy atom. The van der Waals surface area contributed by atoms with E-state index in [0.29, 0.717) is 5.69 Å². The zero-order valence-electron chi connectivity index (χ0n) is 10.7. The fraction of sp³-hybridized carbons (Fsp3) is 0.333. The number of anilines is 1. The zero-order valence-corrected chi connectivity index (χ0v) is 11.4. The van der Waals surface area contributed by atoms with Gasteiger partial charge < -0.3 is 14.7 Å². The number of carboxylic acid groups (broad SMARTS) is 1. The van der Waals surface area contributed by atoms with Crippen LogP contribution in [0, 0.1) is 0 Å². The lowest BCUT2D eigenvalue weighted by atomic mass is 10.3. The molecule has 2 amide bonds. The van der Waals surface area contributed by atoms with Gasteiger partial charge in [0.15, 0.2) is 0 Å². The van der Waals surface area contributed by atoms with Gasteiger partial charge in [0, 0.05) is 32.6 Å². The maximum atomic E-state index is 11.4. The summed E-state index contributed by atoms with van der Waals surface area (Å²) < 4.78 is 5.06. The van der Waals surface area contributed by atoms with Crippen LogP contribution in [0.3, 0.4) is 0 Å². The number of carbonyl (C=O) groups is 2. The molecule has 1 aromatic rings. The average Bonchev–Trinajstić information content (AvgIpc) is 2.35. The van der Waals surface area contributed by atoms with Crippen molar-refractivity contribution in [3.8, 4) is 5.75 Å². The van der Waals surface area contributed by atoms with Gasteiger partial charge in [-0.2, -0.15) is 0 Å². The molecule has 0 radical (unpaired) electrons. The van der Waals surface area contributed by atoms with Crippen LogP contribution in [0.5, 0.6) is 5.75 Å². The van der Waals surface area contributed by atoms with Crippen molar-refractivity contribution in [3.63, 3.8) is 0 Å². The minimum Gasteiger partial charge on any atom is -0.465 e. The second-order valence-corrected chi connectivity index (χ2v) is 4.26. The number of hydrogen-bond donors (Lipinski definition) is 1. The first-order valence-electron chi connectivity index (χ1n) is 5.51. The maximum Gasteiger partial charge on any atom is 0.414 e. The van der Waals surface area contributed by atoms with Gasteiger partial charge in [0.25, 0.3) is 0 Å². The molecule has 0 unspecified atom stereocenters. The first-order chi connectivity index (χ1) is 8.95. The Morgan fingerprint density at radius 1 is 1.37 bits per heavy atom. The number of hydrogen-bond acceptors (Lipinski definition) is 3. The molecule has 6 nitrogen and oxygen atoms in total. The van der Waals surface area contributed by atoms with Crippen molar-refractivity contribution in [3.05, 3.63) is 24.3 Å². The van der Waals surface area contributed by atoms with Crippen molar-refractivity contribution in [2.75, 3.05) is 31.4 Å². The zero-order chi connectivity index (χ0) is 14.4. The molecular formula is C12H15ClN2O4. The Bertz CT molecular complexity index is 465. The first-order valence-corrected chi connectivity index (χ1v) is 6.04. The molecule has 19 heavy (non-hydrogen) atoms. The van der Waals surface area contributed by atoms with E-state index in [1.165, 1.54) is 11.0 Å². The molecule has 0 bridgehead atoms. The van der Waals surface area contributed by atoms with E-state index in [1.54, 1.807) is 32.3 Å². The van der Waals surface area contributed by atoms with E-state index in [1.807, 2.05) is 0 Å². The van der Waals surface area contributed by atoms with Gasteiger partial charge in [0.1, 0.15) is 5.75 Å². The van der Waals surface area contributed by atoms with Crippen LogP contribution >= 0.6 is 11.6 Å². The van der Waals surface area contributed by atoms with Gasteiger partial charge >= 0.3 is 12.2 Å². The molecular weight excluding hydrogens is 272 g/mol. The minimum absolute atomic E-state index is 0.155. The highest BCUT2D eigenvalue weighted by molar-refractivity contribution is 6.18. The Labute approximate surface area is 116 Å². The molecule has 1 aromatic carbocycles. The lowest BCUT2D eigenvalue weighted by Crippen LogP contribution is -2.31. The van der Waals surface area contributed by atoms with E-state index in [-0.39, 0.29) is 18.2 Å². The summed E-state index contributed by atoms with van der Waals surface area (Å²) in [5.74, 6) is 0.450. The molecule has 0 saturated heterocycles. The SMILES string of the molecule is CN(C)C(=O)Oc1cccc(N(CCCl)C(=O)O)c1. The third-order valence-electron chi connectivity index (χ3n) is 2.24. The quantitative estimate of drug-likeness (QED) is 0.863. The van der Waals surface area contributed by atoms with Crippen molar-refractivity contribution in [1.82, 2.24) is 4.90 Å². The summed E-state index contributed by atoms with van der Waals surface area (Å²) in [4.78, 5) is 24.9. The number of benzene rings is 1. The lowest BCUT2D eigenvalue weighted by molar-refractivity contribution is 0.172. The normalized spacial score (nSPS) is 9.84. The third-order valence-corrected chi connectivity index (χ3v) is 2.41. The molecule has 1 N–H and O–H groups in total. The number of alkyl halides is 1. The molecule has 0 atom stereocenters. The number of amides is 2. The number of rotatable bonds is 4. The van der Waals surface area contributed by atoms with Crippen LogP contribution in [0.25, 0.3) is 0 Å². The molecule has 0 saturated carbocycles. The molecule has 0 aromatic heterocycles. The molecule has 104 valence electrons.